The molecule has 6 rings (SSSR count). The van der Waals surface area contributed by atoms with Gasteiger partial charge in [0.25, 0.3) is 5.91 Å². The van der Waals surface area contributed by atoms with Crippen molar-refractivity contribution < 1.29 is 29.4 Å². The number of hydrogen-bond donors (Lipinski definition) is 2. The average Bonchev–Trinajstić information content (AvgIpc) is 3.82. The molecule has 3 atom stereocenters. The largest absolute Gasteiger partial charge is 0.394 e. The number of carbonyl (C=O) groups excluding carboxylic acids is 4. The van der Waals surface area contributed by atoms with E-state index in [1.54, 1.807) is 50.8 Å². The van der Waals surface area contributed by atoms with E-state index in [2.05, 4.69) is 0 Å². The Morgan fingerprint density at radius 1 is 0.955 bits per heavy atom. The highest BCUT2D eigenvalue weighted by atomic mass is 16.3. The summed E-state index contributed by atoms with van der Waals surface area (Å²) in [7, 11) is 0. The van der Waals surface area contributed by atoms with Crippen LogP contribution in [0.2, 0.25) is 0 Å². The maximum absolute atomic E-state index is 14.1. The van der Waals surface area contributed by atoms with Gasteiger partial charge in [0, 0.05) is 61.8 Å². The molecule has 0 spiro atoms. The molecule has 4 aliphatic rings. The van der Waals surface area contributed by atoms with Gasteiger partial charge in [-0.2, -0.15) is 0 Å². The molecular weight excluding hydrogens is 560 g/mol. The zero-order chi connectivity index (χ0) is 31.0. The van der Waals surface area contributed by atoms with Crippen LogP contribution in [-0.4, -0.2) is 71.0 Å². The van der Waals surface area contributed by atoms with Crippen molar-refractivity contribution in [1.29, 1.82) is 0 Å². The van der Waals surface area contributed by atoms with E-state index in [9.17, 15) is 29.4 Å². The monoisotopic (exact) mass is 600 g/mol. The fourth-order valence-electron chi connectivity index (χ4n) is 7.05. The van der Waals surface area contributed by atoms with Crippen LogP contribution < -0.4 is 14.7 Å². The Hall–Kier alpha value is -4.02. The lowest BCUT2D eigenvalue weighted by Crippen LogP contribution is -2.44. The fourth-order valence-corrected chi connectivity index (χ4v) is 7.05. The minimum atomic E-state index is -1.91. The summed E-state index contributed by atoms with van der Waals surface area (Å²) in [4.78, 5) is 58.4. The van der Waals surface area contributed by atoms with Crippen LogP contribution in [-0.2, 0) is 31.3 Å². The summed E-state index contributed by atoms with van der Waals surface area (Å²) in [5, 5.41) is 21.8. The van der Waals surface area contributed by atoms with Crippen molar-refractivity contribution in [1.82, 2.24) is 4.90 Å². The van der Waals surface area contributed by atoms with Crippen molar-refractivity contribution in [2.75, 3.05) is 40.9 Å². The summed E-state index contributed by atoms with van der Waals surface area (Å²) in [6.07, 6.45) is 7.76. The van der Waals surface area contributed by atoms with Crippen LogP contribution in [0.1, 0.15) is 63.0 Å². The smallest absolute Gasteiger partial charge is 0.264 e. The molecule has 4 heterocycles. The van der Waals surface area contributed by atoms with Crippen molar-refractivity contribution in [3.63, 3.8) is 0 Å². The molecule has 3 fully saturated rings. The van der Waals surface area contributed by atoms with Gasteiger partial charge in [-0.25, -0.2) is 0 Å². The van der Waals surface area contributed by atoms with E-state index < -0.39 is 17.4 Å². The topological polar surface area (TPSA) is 122 Å². The molecule has 0 aromatic heterocycles. The molecule has 2 aromatic rings. The van der Waals surface area contributed by atoms with Gasteiger partial charge in [-0.3, -0.25) is 19.2 Å². The first-order valence-electron chi connectivity index (χ1n) is 15.7. The fraction of sp³-hybridized carbons (Fsp3) is 0.471. The molecule has 4 amide bonds. The van der Waals surface area contributed by atoms with E-state index in [-0.39, 0.29) is 43.3 Å². The molecular formula is C34H40N4O6. The Labute approximate surface area is 257 Å². The zero-order valence-corrected chi connectivity index (χ0v) is 25.2. The number of aliphatic hydroxyl groups excluding tert-OH is 1. The lowest BCUT2D eigenvalue weighted by Gasteiger charge is -2.28. The number of aliphatic hydroxyl groups is 2. The van der Waals surface area contributed by atoms with E-state index in [0.717, 1.165) is 36.9 Å². The van der Waals surface area contributed by atoms with Crippen LogP contribution in [0.5, 0.6) is 0 Å². The molecule has 0 unspecified atom stereocenters. The number of fused-ring (bicyclic) bond motifs is 1. The third-order valence-corrected chi connectivity index (χ3v) is 9.58. The number of likely N-dealkylation sites (tertiary alicyclic amines) is 1. The number of anilines is 3. The molecule has 44 heavy (non-hydrogen) atoms. The Kier molecular flexibility index (Phi) is 8.30. The Morgan fingerprint density at radius 3 is 2.25 bits per heavy atom. The van der Waals surface area contributed by atoms with Crippen LogP contribution in [0.25, 0.3) is 0 Å². The number of rotatable bonds is 9. The van der Waals surface area contributed by atoms with Crippen LogP contribution in [0, 0.1) is 5.92 Å². The lowest BCUT2D eigenvalue weighted by molar-refractivity contribution is -0.139. The maximum Gasteiger partial charge on any atom is 0.264 e. The van der Waals surface area contributed by atoms with Crippen LogP contribution in [0.4, 0.5) is 17.1 Å². The van der Waals surface area contributed by atoms with E-state index in [0.29, 0.717) is 49.4 Å². The minimum Gasteiger partial charge on any atom is -0.394 e. The maximum atomic E-state index is 14.1. The molecule has 0 radical (unpaired) electrons. The number of amides is 4. The third-order valence-electron chi connectivity index (χ3n) is 9.58. The molecule has 10 nitrogen and oxygen atoms in total. The summed E-state index contributed by atoms with van der Waals surface area (Å²) in [5.74, 6) is -1.12. The van der Waals surface area contributed by atoms with Crippen molar-refractivity contribution >= 4 is 40.7 Å². The highest BCUT2D eigenvalue weighted by Gasteiger charge is 2.53. The highest BCUT2D eigenvalue weighted by molar-refractivity contribution is 6.08. The first kappa shape index (κ1) is 30.0. The summed E-state index contributed by atoms with van der Waals surface area (Å²) in [5.41, 5.74) is 1.42. The van der Waals surface area contributed by atoms with E-state index in [4.69, 9.17) is 0 Å². The molecule has 232 valence electrons. The van der Waals surface area contributed by atoms with Gasteiger partial charge in [0.1, 0.15) is 0 Å². The standard InChI is InChI=1S/C34H40N4O6/c1-23(6-2-8-30(40)37-17-3-7-27(37)22-39)34(44)28-20-26(36-19-5-10-32(36)42)15-16-29(28)38(33(34)43)21-24-11-13-25(14-12-24)35-18-4-9-31(35)41/h2,6,11-16,20,23,27,39,44H,3-5,7-10,17-19,21-22H2,1H3/b6-2+/t23-,27-,34+/m0/s1. The van der Waals surface area contributed by atoms with Crippen molar-refractivity contribution in [2.24, 2.45) is 5.92 Å². The van der Waals surface area contributed by atoms with Gasteiger partial charge in [0.05, 0.1) is 24.9 Å². The van der Waals surface area contributed by atoms with E-state index in [1.165, 1.54) is 0 Å². The quantitative estimate of drug-likeness (QED) is 0.427. The normalized spacial score (nSPS) is 24.3. The first-order valence-corrected chi connectivity index (χ1v) is 15.7. The third kappa shape index (κ3) is 5.30. The van der Waals surface area contributed by atoms with Gasteiger partial charge >= 0.3 is 0 Å². The molecule has 3 saturated heterocycles. The first-order chi connectivity index (χ1) is 21.2. The van der Waals surface area contributed by atoms with Gasteiger partial charge in [-0.15, -0.1) is 0 Å². The van der Waals surface area contributed by atoms with E-state index >= 15 is 0 Å². The van der Waals surface area contributed by atoms with Gasteiger partial charge in [0.15, 0.2) is 5.60 Å². The molecule has 4 aliphatic heterocycles. The van der Waals surface area contributed by atoms with Gasteiger partial charge in [0.2, 0.25) is 17.7 Å². The van der Waals surface area contributed by atoms with Gasteiger partial charge in [-0.05, 0) is 61.6 Å². The van der Waals surface area contributed by atoms with Crippen LogP contribution in [0.15, 0.2) is 54.6 Å². The molecule has 0 aliphatic carbocycles. The number of carbonyl (C=O) groups is 4. The second-order valence-corrected chi connectivity index (χ2v) is 12.3. The Bertz CT molecular complexity index is 1490. The zero-order valence-electron chi connectivity index (χ0n) is 25.2. The summed E-state index contributed by atoms with van der Waals surface area (Å²) in [6.45, 7) is 3.81. The van der Waals surface area contributed by atoms with Crippen LogP contribution in [0.3, 0.4) is 0 Å². The van der Waals surface area contributed by atoms with Crippen molar-refractivity contribution in [3.8, 4) is 0 Å². The SMILES string of the molecule is C[C@@H](/C=C/CC(=O)N1CCC[C@H]1CO)[C@]1(O)C(=O)N(Cc2ccc(N3CCCC3=O)cc2)c2ccc(N3CCCC3=O)cc21. The van der Waals surface area contributed by atoms with Gasteiger partial charge in [-0.1, -0.05) is 31.2 Å². The number of benzene rings is 2. The lowest BCUT2D eigenvalue weighted by atomic mass is 9.82. The van der Waals surface area contributed by atoms with E-state index in [1.807, 2.05) is 30.3 Å². The molecule has 0 saturated carbocycles. The molecule has 0 bridgehead atoms. The second kappa shape index (κ2) is 12.2. The summed E-state index contributed by atoms with van der Waals surface area (Å²) in [6, 6.07) is 12.8. The average molecular weight is 601 g/mol. The van der Waals surface area contributed by atoms with Crippen molar-refractivity contribution in [3.05, 3.63) is 65.7 Å². The highest BCUT2D eigenvalue weighted by Crippen LogP contribution is 2.47. The van der Waals surface area contributed by atoms with Crippen molar-refractivity contribution in [2.45, 2.75) is 70.1 Å². The molecule has 2 N–H and O–H groups in total. The van der Waals surface area contributed by atoms with Gasteiger partial charge < -0.3 is 29.8 Å². The Balaban J connectivity index is 1.27. The summed E-state index contributed by atoms with van der Waals surface area (Å²) < 4.78 is 0. The predicted molar refractivity (Wildman–Crippen MR) is 166 cm³/mol. The number of hydrogen-bond acceptors (Lipinski definition) is 6. The molecule has 2 aromatic carbocycles. The summed E-state index contributed by atoms with van der Waals surface area (Å²) >= 11 is 0. The minimum absolute atomic E-state index is 0.0146. The van der Waals surface area contributed by atoms with Crippen LogP contribution >= 0.6 is 0 Å². The predicted octanol–water partition coefficient (Wildman–Crippen LogP) is 3.24. The molecule has 10 heteroatoms. The Morgan fingerprint density at radius 2 is 1.61 bits per heavy atom. The number of nitrogens with zero attached hydrogens (tertiary/aromatic N) is 4. The second-order valence-electron chi connectivity index (χ2n) is 12.3.